The van der Waals surface area contributed by atoms with Gasteiger partial charge in [-0.3, -0.25) is 4.79 Å². The molecule has 0 aliphatic rings. The number of aromatic nitrogens is 3. The van der Waals surface area contributed by atoms with E-state index >= 15 is 0 Å². The molecule has 3 rings (SSSR count). The summed E-state index contributed by atoms with van der Waals surface area (Å²) in [5, 5.41) is 17.0. The van der Waals surface area contributed by atoms with E-state index in [0.29, 0.717) is 23.3 Å². The number of thioether (sulfide) groups is 1. The molecule has 0 radical (unpaired) electrons. The number of allylic oxidation sites excluding steroid dienone is 1. The van der Waals surface area contributed by atoms with Crippen LogP contribution in [0.2, 0.25) is 5.02 Å². The van der Waals surface area contributed by atoms with Gasteiger partial charge in [0.05, 0.1) is 18.5 Å². The van der Waals surface area contributed by atoms with Crippen LogP contribution in [0.3, 0.4) is 0 Å². The summed E-state index contributed by atoms with van der Waals surface area (Å²) in [6.45, 7) is 6.91. The molecule has 7 nitrogen and oxygen atoms in total. The maximum Gasteiger partial charge on any atom is 0.250 e. The summed E-state index contributed by atoms with van der Waals surface area (Å²) in [7, 11) is 0. The van der Waals surface area contributed by atoms with Crippen molar-refractivity contribution in [3.63, 3.8) is 0 Å². The summed E-state index contributed by atoms with van der Waals surface area (Å²) in [5.41, 5.74) is 5.44. The van der Waals surface area contributed by atoms with Crippen LogP contribution in [0.25, 0.3) is 0 Å². The third-order valence-corrected chi connectivity index (χ3v) is 5.55. The van der Waals surface area contributed by atoms with E-state index in [1.165, 1.54) is 23.5 Å². The lowest BCUT2D eigenvalue weighted by atomic mass is 10.2. The lowest BCUT2D eigenvalue weighted by Gasteiger charge is -2.09. The molecule has 0 atom stereocenters. The highest BCUT2D eigenvalue weighted by Gasteiger charge is 2.13. The summed E-state index contributed by atoms with van der Waals surface area (Å²) < 4.78 is 1.93. The fourth-order valence-electron chi connectivity index (χ4n) is 2.64. The molecule has 0 bridgehead atoms. The number of nitrogens with one attached hydrogen (secondary N) is 2. The quantitative estimate of drug-likeness (QED) is 0.207. The van der Waals surface area contributed by atoms with Crippen LogP contribution in [-0.4, -0.2) is 32.6 Å². The van der Waals surface area contributed by atoms with Crippen molar-refractivity contribution < 1.29 is 4.79 Å². The number of hydrogen-bond acceptors (Lipinski definition) is 6. The summed E-state index contributed by atoms with van der Waals surface area (Å²) in [6.07, 6.45) is 3.29. The van der Waals surface area contributed by atoms with Gasteiger partial charge in [0.15, 0.2) is 11.0 Å². The summed E-state index contributed by atoms with van der Waals surface area (Å²) in [4.78, 5) is 12.1. The number of nitrogens with zero attached hydrogens (tertiary/aromatic N) is 4. The molecule has 2 aromatic carbocycles. The first-order chi connectivity index (χ1) is 15.1. The summed E-state index contributed by atoms with van der Waals surface area (Å²) in [6, 6.07) is 15.4. The van der Waals surface area contributed by atoms with Gasteiger partial charge in [0.25, 0.3) is 5.91 Å². The summed E-state index contributed by atoms with van der Waals surface area (Å²) >= 11 is 7.35. The Morgan fingerprint density at radius 2 is 2.00 bits per heavy atom. The van der Waals surface area contributed by atoms with Crippen molar-refractivity contribution in [3.05, 3.63) is 83.2 Å². The third kappa shape index (κ3) is 6.70. The fraction of sp³-hybridized carbons (Fsp3) is 0.182. The molecule has 2 N–H and O–H groups in total. The lowest BCUT2D eigenvalue weighted by Crippen LogP contribution is -2.20. The SMILES string of the molecule is C=CCn1c(CNc2ccc(C)cc2)nnc1SCC(=O)N/N=C\c1ccccc1Cl. The van der Waals surface area contributed by atoms with Crippen LogP contribution >= 0.6 is 23.4 Å². The average molecular weight is 455 g/mol. The second-order valence-corrected chi connectivity index (χ2v) is 7.97. The molecule has 1 amide bonds. The van der Waals surface area contributed by atoms with Crippen LogP contribution in [0.15, 0.2) is 71.4 Å². The highest BCUT2D eigenvalue weighted by atomic mass is 35.5. The Bertz CT molecular complexity index is 1060. The predicted molar refractivity (Wildman–Crippen MR) is 127 cm³/mol. The van der Waals surface area contributed by atoms with E-state index in [2.05, 4.69) is 32.6 Å². The molecule has 0 spiro atoms. The second-order valence-electron chi connectivity index (χ2n) is 6.62. The first-order valence-corrected chi connectivity index (χ1v) is 11.0. The number of rotatable bonds is 10. The normalized spacial score (nSPS) is 10.9. The number of hydrazone groups is 1. The number of hydrogen-bond donors (Lipinski definition) is 2. The van der Waals surface area contributed by atoms with Gasteiger partial charge >= 0.3 is 0 Å². The molecule has 0 unspecified atom stereocenters. The van der Waals surface area contributed by atoms with Gasteiger partial charge in [-0.15, -0.1) is 16.8 Å². The minimum Gasteiger partial charge on any atom is -0.378 e. The number of amides is 1. The average Bonchev–Trinajstić information content (AvgIpc) is 3.15. The molecule has 3 aromatic rings. The number of benzene rings is 2. The van der Waals surface area contributed by atoms with Crippen molar-refractivity contribution >= 4 is 41.2 Å². The highest BCUT2D eigenvalue weighted by Crippen LogP contribution is 2.18. The zero-order valence-corrected chi connectivity index (χ0v) is 18.7. The van der Waals surface area contributed by atoms with Crippen molar-refractivity contribution in [2.75, 3.05) is 11.1 Å². The zero-order valence-electron chi connectivity index (χ0n) is 17.1. The fourth-order valence-corrected chi connectivity index (χ4v) is 3.58. The Morgan fingerprint density at radius 3 is 2.74 bits per heavy atom. The minimum atomic E-state index is -0.249. The van der Waals surface area contributed by atoms with Crippen LogP contribution < -0.4 is 10.7 Å². The number of anilines is 1. The lowest BCUT2D eigenvalue weighted by molar-refractivity contribution is -0.118. The number of aryl methyl sites for hydroxylation is 1. The minimum absolute atomic E-state index is 0.153. The molecular formula is C22H23ClN6OS. The molecule has 0 saturated heterocycles. The largest absolute Gasteiger partial charge is 0.378 e. The molecule has 0 aliphatic heterocycles. The molecule has 1 aromatic heterocycles. The zero-order chi connectivity index (χ0) is 22.1. The van der Waals surface area contributed by atoms with Crippen molar-refractivity contribution in [1.29, 1.82) is 0 Å². The smallest absolute Gasteiger partial charge is 0.250 e. The first-order valence-electron chi connectivity index (χ1n) is 9.59. The Morgan fingerprint density at radius 1 is 1.23 bits per heavy atom. The summed E-state index contributed by atoms with van der Waals surface area (Å²) in [5.74, 6) is 0.668. The maximum atomic E-state index is 12.1. The maximum absolute atomic E-state index is 12.1. The highest BCUT2D eigenvalue weighted by molar-refractivity contribution is 7.99. The van der Waals surface area contributed by atoms with Crippen molar-refractivity contribution in [2.24, 2.45) is 5.10 Å². The standard InChI is InChI=1S/C22H23ClN6OS/c1-3-12-29-20(14-24-18-10-8-16(2)9-11-18)26-28-22(29)31-15-21(30)27-25-13-17-6-4-5-7-19(17)23/h3-11,13,24H,1,12,14-15H2,2H3,(H,27,30)/b25-13-. The molecule has 0 aliphatic carbocycles. The molecule has 1 heterocycles. The molecule has 160 valence electrons. The van der Waals surface area contributed by atoms with Crippen molar-refractivity contribution in [1.82, 2.24) is 20.2 Å². The van der Waals surface area contributed by atoms with Gasteiger partial charge in [-0.2, -0.15) is 5.10 Å². The van der Waals surface area contributed by atoms with Crippen molar-refractivity contribution in [3.8, 4) is 0 Å². The van der Waals surface area contributed by atoms with Crippen LogP contribution in [-0.2, 0) is 17.9 Å². The van der Waals surface area contributed by atoms with Crippen molar-refractivity contribution in [2.45, 2.75) is 25.2 Å². The van der Waals surface area contributed by atoms with Gasteiger partial charge in [-0.25, -0.2) is 5.43 Å². The van der Waals surface area contributed by atoms with Crippen LogP contribution in [0, 0.1) is 6.92 Å². The third-order valence-electron chi connectivity index (χ3n) is 4.24. The molecular weight excluding hydrogens is 432 g/mol. The van der Waals surface area contributed by atoms with Gasteiger partial charge in [0, 0.05) is 22.8 Å². The Labute approximate surface area is 190 Å². The van der Waals surface area contributed by atoms with E-state index < -0.39 is 0 Å². The van der Waals surface area contributed by atoms with E-state index in [1.54, 1.807) is 12.1 Å². The van der Waals surface area contributed by atoms with Crippen LogP contribution in [0.1, 0.15) is 17.0 Å². The van der Waals surface area contributed by atoms with Crippen LogP contribution in [0.4, 0.5) is 5.69 Å². The van der Waals surface area contributed by atoms with Gasteiger partial charge in [0.1, 0.15) is 0 Å². The Hall–Kier alpha value is -3.10. The van der Waals surface area contributed by atoms with Gasteiger partial charge in [-0.05, 0) is 25.1 Å². The second kappa shape index (κ2) is 11.3. The Kier molecular flexibility index (Phi) is 8.26. The van der Waals surface area contributed by atoms with E-state index in [0.717, 1.165) is 17.1 Å². The monoisotopic (exact) mass is 454 g/mol. The predicted octanol–water partition coefficient (Wildman–Crippen LogP) is 4.28. The number of carbonyl (C=O) groups is 1. The molecule has 0 saturated carbocycles. The number of carbonyl (C=O) groups excluding carboxylic acids is 1. The van der Waals surface area contributed by atoms with Gasteiger partial charge in [0.2, 0.25) is 0 Å². The van der Waals surface area contributed by atoms with E-state index in [1.807, 2.05) is 54.0 Å². The Balaban J connectivity index is 1.55. The van der Waals surface area contributed by atoms with E-state index in [4.69, 9.17) is 11.6 Å². The first kappa shape index (κ1) is 22.6. The van der Waals surface area contributed by atoms with E-state index in [9.17, 15) is 4.79 Å². The molecule has 0 fully saturated rings. The van der Waals surface area contributed by atoms with E-state index in [-0.39, 0.29) is 11.7 Å². The van der Waals surface area contributed by atoms with Gasteiger partial charge in [-0.1, -0.05) is 65.3 Å². The topological polar surface area (TPSA) is 84.2 Å². The van der Waals surface area contributed by atoms with Gasteiger partial charge < -0.3 is 9.88 Å². The van der Waals surface area contributed by atoms with Crippen LogP contribution in [0.5, 0.6) is 0 Å². The number of halogens is 1. The molecule has 31 heavy (non-hydrogen) atoms. The molecule has 9 heteroatoms.